The fraction of sp³-hybridized carbons (Fsp3) is 0.385. The van der Waals surface area contributed by atoms with Crippen molar-refractivity contribution in [2.45, 2.75) is 26.0 Å². The smallest absolute Gasteiger partial charge is 0.326 e. The van der Waals surface area contributed by atoms with Crippen LogP contribution in [0.15, 0.2) is 24.3 Å². The summed E-state index contributed by atoms with van der Waals surface area (Å²) in [5.74, 6) is -1.42. The van der Waals surface area contributed by atoms with E-state index in [4.69, 9.17) is 9.84 Å². The first kappa shape index (κ1) is 14.2. The van der Waals surface area contributed by atoms with Crippen LogP contribution in [0.4, 0.5) is 0 Å². The highest BCUT2D eigenvalue weighted by atomic mass is 16.5. The maximum atomic E-state index is 11.9. The van der Waals surface area contributed by atoms with Gasteiger partial charge in [0.1, 0.15) is 6.04 Å². The molecule has 0 aliphatic carbocycles. The number of carboxylic acids is 1. The minimum atomic E-state index is -1.03. The number of benzene rings is 1. The van der Waals surface area contributed by atoms with E-state index < -0.39 is 12.0 Å². The molecule has 0 fully saturated rings. The Balaban J connectivity index is 2.77. The van der Waals surface area contributed by atoms with Crippen molar-refractivity contribution in [1.82, 2.24) is 5.32 Å². The minimum Gasteiger partial charge on any atom is -0.480 e. The first-order chi connectivity index (χ1) is 8.58. The van der Waals surface area contributed by atoms with Crippen LogP contribution in [-0.4, -0.2) is 30.1 Å². The second kappa shape index (κ2) is 6.76. The molecule has 0 bridgehead atoms. The van der Waals surface area contributed by atoms with Gasteiger partial charge in [-0.1, -0.05) is 19.1 Å². The van der Waals surface area contributed by atoms with E-state index in [0.29, 0.717) is 18.6 Å². The summed E-state index contributed by atoms with van der Waals surface area (Å²) in [6.45, 7) is 2.12. The van der Waals surface area contributed by atoms with Gasteiger partial charge in [0.25, 0.3) is 5.91 Å². The van der Waals surface area contributed by atoms with Crippen LogP contribution < -0.4 is 5.32 Å². The standard InChI is InChI=1S/C13H17NO4/c1-3-11(13(16)17)14-12(15)10-6-4-5-9(7-10)8-18-2/h4-7,11H,3,8H2,1-2H3,(H,14,15)(H,16,17). The van der Waals surface area contributed by atoms with Gasteiger partial charge < -0.3 is 15.2 Å². The van der Waals surface area contributed by atoms with Gasteiger partial charge in [0.05, 0.1) is 6.61 Å². The van der Waals surface area contributed by atoms with Crippen LogP contribution in [0.1, 0.15) is 29.3 Å². The van der Waals surface area contributed by atoms with Crippen molar-refractivity contribution in [3.8, 4) is 0 Å². The molecule has 0 spiro atoms. The number of carboxylic acid groups (broad SMARTS) is 1. The number of nitrogens with one attached hydrogen (secondary N) is 1. The highest BCUT2D eigenvalue weighted by Gasteiger charge is 2.18. The van der Waals surface area contributed by atoms with Gasteiger partial charge in [-0.05, 0) is 24.1 Å². The largest absolute Gasteiger partial charge is 0.480 e. The molecule has 0 aliphatic heterocycles. The van der Waals surface area contributed by atoms with Crippen LogP contribution in [0.25, 0.3) is 0 Å². The summed E-state index contributed by atoms with van der Waals surface area (Å²) in [5, 5.41) is 11.3. The lowest BCUT2D eigenvalue weighted by atomic mass is 10.1. The molecule has 1 atom stereocenters. The Morgan fingerprint density at radius 2 is 2.17 bits per heavy atom. The number of hydrogen-bond donors (Lipinski definition) is 2. The van der Waals surface area contributed by atoms with Gasteiger partial charge in [-0.2, -0.15) is 0 Å². The second-order valence-electron chi connectivity index (χ2n) is 3.91. The van der Waals surface area contributed by atoms with Crippen molar-refractivity contribution >= 4 is 11.9 Å². The molecule has 2 N–H and O–H groups in total. The lowest BCUT2D eigenvalue weighted by molar-refractivity contribution is -0.139. The molecule has 5 nitrogen and oxygen atoms in total. The summed E-state index contributed by atoms with van der Waals surface area (Å²) >= 11 is 0. The van der Waals surface area contributed by atoms with Crippen LogP contribution in [-0.2, 0) is 16.1 Å². The summed E-state index contributed by atoms with van der Waals surface area (Å²) in [7, 11) is 1.57. The molecule has 0 aromatic heterocycles. The fourth-order valence-corrected chi connectivity index (χ4v) is 1.55. The van der Waals surface area contributed by atoms with Gasteiger partial charge in [-0.15, -0.1) is 0 Å². The molecule has 1 amide bonds. The van der Waals surface area contributed by atoms with E-state index in [1.165, 1.54) is 0 Å². The predicted molar refractivity (Wildman–Crippen MR) is 66.3 cm³/mol. The van der Waals surface area contributed by atoms with E-state index in [9.17, 15) is 9.59 Å². The van der Waals surface area contributed by atoms with Crippen molar-refractivity contribution in [1.29, 1.82) is 0 Å². The average molecular weight is 251 g/mol. The Bertz CT molecular complexity index is 431. The Morgan fingerprint density at radius 3 is 2.72 bits per heavy atom. The van der Waals surface area contributed by atoms with Gasteiger partial charge in [0.15, 0.2) is 0 Å². The van der Waals surface area contributed by atoms with Gasteiger partial charge in [-0.3, -0.25) is 4.79 Å². The van der Waals surface area contributed by atoms with Gasteiger partial charge >= 0.3 is 5.97 Å². The highest BCUT2D eigenvalue weighted by Crippen LogP contribution is 2.07. The summed E-state index contributed by atoms with van der Waals surface area (Å²) in [6, 6.07) is 6.06. The molecule has 0 saturated heterocycles. The number of amides is 1. The van der Waals surface area contributed by atoms with Crippen LogP contribution in [0.2, 0.25) is 0 Å². The molecule has 1 unspecified atom stereocenters. The van der Waals surface area contributed by atoms with Crippen molar-refractivity contribution in [3.05, 3.63) is 35.4 Å². The molecule has 0 saturated carbocycles. The minimum absolute atomic E-state index is 0.346. The molecule has 0 heterocycles. The number of carbonyl (C=O) groups excluding carboxylic acids is 1. The van der Waals surface area contributed by atoms with Crippen LogP contribution in [0, 0.1) is 0 Å². The maximum Gasteiger partial charge on any atom is 0.326 e. The third kappa shape index (κ3) is 3.85. The zero-order valence-corrected chi connectivity index (χ0v) is 10.5. The predicted octanol–water partition coefficient (Wildman–Crippen LogP) is 1.43. The average Bonchev–Trinajstić information content (AvgIpc) is 2.36. The third-order valence-corrected chi connectivity index (χ3v) is 2.51. The van der Waals surface area contributed by atoms with Crippen LogP contribution in [0.3, 0.4) is 0 Å². The van der Waals surface area contributed by atoms with Gasteiger partial charge in [-0.25, -0.2) is 4.79 Å². The van der Waals surface area contributed by atoms with Crippen LogP contribution >= 0.6 is 0 Å². The fourth-order valence-electron chi connectivity index (χ4n) is 1.55. The molecule has 0 radical (unpaired) electrons. The van der Waals surface area contributed by atoms with Gasteiger partial charge in [0, 0.05) is 12.7 Å². The lowest BCUT2D eigenvalue weighted by Crippen LogP contribution is -2.40. The van der Waals surface area contributed by atoms with E-state index in [-0.39, 0.29) is 5.91 Å². The van der Waals surface area contributed by atoms with Crippen molar-refractivity contribution in [2.75, 3.05) is 7.11 Å². The van der Waals surface area contributed by atoms with Crippen LogP contribution in [0.5, 0.6) is 0 Å². The monoisotopic (exact) mass is 251 g/mol. The topological polar surface area (TPSA) is 75.6 Å². The quantitative estimate of drug-likeness (QED) is 0.802. The lowest BCUT2D eigenvalue weighted by Gasteiger charge is -2.12. The Kier molecular flexibility index (Phi) is 5.32. The first-order valence-corrected chi connectivity index (χ1v) is 5.70. The molecule has 1 aromatic carbocycles. The molecule has 98 valence electrons. The molecule has 5 heteroatoms. The summed E-state index contributed by atoms with van der Waals surface area (Å²) in [6.07, 6.45) is 0.346. The molecular weight excluding hydrogens is 234 g/mol. The van der Waals surface area contributed by atoms with E-state index >= 15 is 0 Å². The van der Waals surface area contributed by atoms with E-state index in [1.54, 1.807) is 32.2 Å². The van der Waals surface area contributed by atoms with E-state index in [1.807, 2.05) is 6.07 Å². The molecular formula is C13H17NO4. The number of carbonyl (C=O) groups is 2. The number of ether oxygens (including phenoxy) is 1. The van der Waals surface area contributed by atoms with E-state index in [0.717, 1.165) is 5.56 Å². The molecule has 18 heavy (non-hydrogen) atoms. The summed E-state index contributed by atoms with van der Waals surface area (Å²) < 4.78 is 4.98. The molecule has 1 rings (SSSR count). The number of aliphatic carboxylic acids is 1. The SMILES string of the molecule is CCC(NC(=O)c1cccc(COC)c1)C(=O)O. The number of rotatable bonds is 6. The zero-order valence-electron chi connectivity index (χ0n) is 10.5. The number of hydrogen-bond acceptors (Lipinski definition) is 3. The zero-order chi connectivity index (χ0) is 13.5. The molecule has 1 aromatic rings. The van der Waals surface area contributed by atoms with Crippen molar-refractivity contribution in [3.63, 3.8) is 0 Å². The normalized spacial score (nSPS) is 11.9. The highest BCUT2D eigenvalue weighted by molar-refractivity contribution is 5.96. The Labute approximate surface area is 106 Å². The number of methoxy groups -OCH3 is 1. The maximum absolute atomic E-state index is 11.9. The van der Waals surface area contributed by atoms with Crippen molar-refractivity contribution < 1.29 is 19.4 Å². The second-order valence-corrected chi connectivity index (χ2v) is 3.91. The summed E-state index contributed by atoms with van der Waals surface area (Å²) in [4.78, 5) is 22.7. The Hall–Kier alpha value is -1.88. The van der Waals surface area contributed by atoms with Crippen molar-refractivity contribution in [2.24, 2.45) is 0 Å². The van der Waals surface area contributed by atoms with Gasteiger partial charge in [0.2, 0.25) is 0 Å². The first-order valence-electron chi connectivity index (χ1n) is 5.70. The third-order valence-electron chi connectivity index (χ3n) is 2.51. The van der Waals surface area contributed by atoms with E-state index in [2.05, 4.69) is 5.32 Å². The summed E-state index contributed by atoms with van der Waals surface area (Å²) in [5.41, 5.74) is 1.30. The molecule has 0 aliphatic rings. The Morgan fingerprint density at radius 1 is 1.44 bits per heavy atom.